The Hall–Kier alpha value is -1.81. The van der Waals surface area contributed by atoms with Crippen LogP contribution in [0.1, 0.15) is 31.9 Å². The summed E-state index contributed by atoms with van der Waals surface area (Å²) in [7, 11) is 3.20. The molecule has 9 nitrogen and oxygen atoms in total. The summed E-state index contributed by atoms with van der Waals surface area (Å²) in [5, 5.41) is 13.8. The zero-order valence-electron chi connectivity index (χ0n) is 14.5. The van der Waals surface area contributed by atoms with Crippen LogP contribution in [0, 0.1) is 5.92 Å². The summed E-state index contributed by atoms with van der Waals surface area (Å²) in [5.74, 6) is -0.844. The van der Waals surface area contributed by atoms with Crippen molar-refractivity contribution in [2.75, 3.05) is 12.4 Å². The molecule has 0 aromatic carbocycles. The van der Waals surface area contributed by atoms with Gasteiger partial charge in [0, 0.05) is 26.3 Å². The third-order valence-corrected chi connectivity index (χ3v) is 5.49. The van der Waals surface area contributed by atoms with Crippen LogP contribution >= 0.6 is 0 Å². The number of aliphatic hydroxyl groups excluding tert-OH is 1. The van der Waals surface area contributed by atoms with Gasteiger partial charge in [0.1, 0.15) is 24.7 Å². The van der Waals surface area contributed by atoms with E-state index in [0.717, 1.165) is 0 Å². The largest absolute Gasteiger partial charge is 0.391 e. The number of nitrogens with one attached hydrogen (secondary N) is 1. The molecule has 2 aliphatic rings. The molecule has 0 aliphatic carbocycles. The van der Waals surface area contributed by atoms with Gasteiger partial charge < -0.3 is 14.5 Å². The van der Waals surface area contributed by atoms with Gasteiger partial charge in [0.25, 0.3) is 10.0 Å². The zero-order chi connectivity index (χ0) is 19.1. The number of likely N-dealkylation sites (tertiary alicyclic amines) is 1. The van der Waals surface area contributed by atoms with Crippen LogP contribution in [-0.2, 0) is 14.8 Å². The van der Waals surface area contributed by atoms with Crippen molar-refractivity contribution in [3.8, 4) is 0 Å². The van der Waals surface area contributed by atoms with Gasteiger partial charge in [-0.2, -0.15) is 0 Å². The van der Waals surface area contributed by atoms with E-state index in [4.69, 9.17) is 12.3 Å². The first-order valence-electron chi connectivity index (χ1n) is 8.26. The van der Waals surface area contributed by atoms with E-state index in [9.17, 15) is 18.3 Å². The maximum atomic E-state index is 13.2. The first kappa shape index (κ1) is 19.0. The van der Waals surface area contributed by atoms with Crippen LogP contribution in [0.25, 0.3) is 0 Å². The highest BCUT2D eigenvalue weighted by Crippen LogP contribution is 2.30. The topological polar surface area (TPSA) is 125 Å². The minimum absolute atomic E-state index is 0.0947. The highest BCUT2D eigenvalue weighted by Gasteiger charge is 2.44. The maximum absolute atomic E-state index is 13.2. The Morgan fingerprint density at radius 3 is 2.81 bits per heavy atom. The first-order chi connectivity index (χ1) is 12.2. The number of carbonyl (C=O) groups excluding carboxylic acids is 1. The van der Waals surface area contributed by atoms with Crippen molar-refractivity contribution in [1.29, 1.82) is 0 Å². The molecular formula is C14H19B2N4O5S. The second kappa shape index (κ2) is 7.07. The fraction of sp³-hybridized carbons (Fsp3) is 0.643. The molecule has 137 valence electrons. The van der Waals surface area contributed by atoms with Crippen LogP contribution in [-0.4, -0.2) is 74.8 Å². The van der Waals surface area contributed by atoms with E-state index in [1.807, 2.05) is 13.8 Å². The monoisotopic (exact) mass is 377 g/mol. The Labute approximate surface area is 153 Å². The van der Waals surface area contributed by atoms with Crippen LogP contribution in [0.5, 0.6) is 0 Å². The number of nitrogens with zero attached hydrogens (tertiary/aromatic N) is 3. The molecule has 0 saturated carbocycles. The van der Waals surface area contributed by atoms with Crippen molar-refractivity contribution in [3.05, 3.63) is 11.8 Å². The van der Waals surface area contributed by atoms with E-state index in [1.165, 1.54) is 12.1 Å². The van der Waals surface area contributed by atoms with Crippen molar-refractivity contribution in [2.45, 2.75) is 38.3 Å². The van der Waals surface area contributed by atoms with Gasteiger partial charge in [0.15, 0.2) is 5.88 Å². The van der Waals surface area contributed by atoms with Gasteiger partial charge in [-0.25, -0.2) is 8.42 Å². The van der Waals surface area contributed by atoms with Gasteiger partial charge in [-0.1, -0.05) is 19.0 Å². The smallest absolute Gasteiger partial charge is 0.254 e. The van der Waals surface area contributed by atoms with Gasteiger partial charge in [-0.3, -0.25) is 14.5 Å². The Bertz CT molecular complexity index is 825. The van der Waals surface area contributed by atoms with E-state index in [1.54, 1.807) is 6.07 Å². The van der Waals surface area contributed by atoms with E-state index in [-0.39, 0.29) is 36.5 Å². The van der Waals surface area contributed by atoms with Crippen LogP contribution in [0.4, 0.5) is 0 Å². The standard InChI is InChI=1S/C14H19B2N4O5S/c1-7(2)12(10-4-11(16-15)18-25-10)14(22)20-5-8(21)3-9(20)13-17-6-26(23,24)19-13/h4,7-9,12,21H,3,5-6H2,1-2H3,(H,17,19). The Morgan fingerprint density at radius 2 is 2.27 bits per heavy atom. The minimum atomic E-state index is -3.51. The quantitative estimate of drug-likeness (QED) is 0.577. The number of aliphatic hydroxyl groups is 1. The Balaban J connectivity index is 1.87. The maximum Gasteiger partial charge on any atom is 0.254 e. The third-order valence-electron chi connectivity index (χ3n) is 4.50. The molecule has 2 aliphatic heterocycles. The molecule has 1 amide bonds. The first-order valence-corrected chi connectivity index (χ1v) is 9.92. The average molecular weight is 377 g/mol. The van der Waals surface area contributed by atoms with E-state index >= 15 is 0 Å². The number of sulfonamides is 1. The molecule has 12 heteroatoms. The number of amidine groups is 1. The predicted octanol–water partition coefficient (Wildman–Crippen LogP) is -1.92. The molecule has 0 bridgehead atoms. The summed E-state index contributed by atoms with van der Waals surface area (Å²) >= 11 is 0. The molecule has 1 aromatic heterocycles. The predicted molar refractivity (Wildman–Crippen MR) is 95.7 cm³/mol. The lowest BCUT2D eigenvalue weighted by atomic mass is 9.53. The number of amides is 1. The van der Waals surface area contributed by atoms with Crippen LogP contribution in [0.3, 0.4) is 0 Å². The second-order valence-electron chi connectivity index (χ2n) is 6.83. The normalized spacial score (nSPS) is 25.8. The van der Waals surface area contributed by atoms with Gasteiger partial charge in [-0.15, -0.1) is 0 Å². The number of rotatable bonds is 5. The molecule has 3 atom stereocenters. The third kappa shape index (κ3) is 3.66. The molecule has 3 rings (SSSR count). The molecule has 1 saturated heterocycles. The lowest BCUT2D eigenvalue weighted by Crippen LogP contribution is -2.47. The summed E-state index contributed by atoms with van der Waals surface area (Å²) in [6, 6.07) is 0.972. The van der Waals surface area contributed by atoms with E-state index < -0.39 is 28.1 Å². The number of aromatic nitrogens is 1. The number of hydrogen-bond donors (Lipinski definition) is 2. The van der Waals surface area contributed by atoms with Crippen molar-refractivity contribution in [3.63, 3.8) is 0 Å². The van der Waals surface area contributed by atoms with Crippen LogP contribution in [0.15, 0.2) is 15.6 Å². The molecule has 0 spiro atoms. The molecule has 2 N–H and O–H groups in total. The lowest BCUT2D eigenvalue weighted by Gasteiger charge is -2.29. The van der Waals surface area contributed by atoms with E-state index in [2.05, 4.69) is 14.9 Å². The van der Waals surface area contributed by atoms with E-state index in [0.29, 0.717) is 11.4 Å². The molecule has 3 radical (unpaired) electrons. The summed E-state index contributed by atoms with van der Waals surface area (Å²) in [4.78, 5) is 18.7. The summed E-state index contributed by atoms with van der Waals surface area (Å²) in [6.45, 7) is 3.83. The van der Waals surface area contributed by atoms with Crippen molar-refractivity contribution >= 4 is 42.3 Å². The number of β-amino-alcohol motifs (C(OH)–C–C–N with tert-alkyl or cyclic N) is 1. The summed E-state index contributed by atoms with van der Waals surface area (Å²) < 4.78 is 30.9. The fourth-order valence-electron chi connectivity index (χ4n) is 3.31. The van der Waals surface area contributed by atoms with Crippen molar-refractivity contribution in [1.82, 2.24) is 14.8 Å². The molecule has 26 heavy (non-hydrogen) atoms. The Morgan fingerprint density at radius 1 is 1.54 bits per heavy atom. The zero-order valence-corrected chi connectivity index (χ0v) is 15.3. The highest BCUT2D eigenvalue weighted by molar-refractivity contribution is 7.90. The molecule has 1 aromatic rings. The number of carbonyl (C=O) groups is 1. The Kier molecular flexibility index (Phi) is 5.16. The second-order valence-corrected chi connectivity index (χ2v) is 8.52. The number of aliphatic imine (C=N–C) groups is 1. The average Bonchev–Trinajstić information content (AvgIpc) is 3.25. The fourth-order valence-corrected chi connectivity index (χ4v) is 4.20. The van der Waals surface area contributed by atoms with Gasteiger partial charge in [0.05, 0.1) is 12.1 Å². The SMILES string of the molecule is [B][B]c1cc(C(C(=O)N2CC(O)CC2C2=NCS(=O)(=O)N2)C(C)C)on1. The summed E-state index contributed by atoms with van der Waals surface area (Å²) in [6.07, 6.45) is -0.539. The lowest BCUT2D eigenvalue weighted by molar-refractivity contribution is -0.134. The van der Waals surface area contributed by atoms with Gasteiger partial charge in [0.2, 0.25) is 5.91 Å². The molecule has 3 unspecified atom stereocenters. The van der Waals surface area contributed by atoms with Crippen LogP contribution in [0.2, 0.25) is 0 Å². The van der Waals surface area contributed by atoms with Crippen molar-refractivity contribution < 1.29 is 22.8 Å². The highest BCUT2D eigenvalue weighted by atomic mass is 32.2. The minimum Gasteiger partial charge on any atom is -0.391 e. The van der Waals surface area contributed by atoms with Crippen LogP contribution < -0.4 is 10.3 Å². The van der Waals surface area contributed by atoms with Gasteiger partial charge >= 0.3 is 0 Å². The van der Waals surface area contributed by atoms with Gasteiger partial charge in [-0.05, 0) is 12.0 Å². The number of hydrogen-bond acceptors (Lipinski definition) is 7. The van der Waals surface area contributed by atoms with Crippen molar-refractivity contribution in [2.24, 2.45) is 10.9 Å². The molecular weight excluding hydrogens is 358 g/mol. The summed E-state index contributed by atoms with van der Waals surface area (Å²) in [5.41, 5.74) is 0.421. The molecule has 3 heterocycles. The molecule has 1 fully saturated rings.